The molecule has 0 atom stereocenters. The molecule has 0 spiro atoms. The van der Waals surface area contributed by atoms with Gasteiger partial charge in [0.15, 0.2) is 0 Å². The van der Waals surface area contributed by atoms with E-state index in [-0.39, 0.29) is 30.2 Å². The lowest BCUT2D eigenvalue weighted by molar-refractivity contribution is 0.0696. The second-order valence-corrected chi connectivity index (χ2v) is 5.49. The highest BCUT2D eigenvalue weighted by atomic mass is 32.2. The molecule has 0 aliphatic rings. The molecule has 0 aliphatic carbocycles. The highest BCUT2D eigenvalue weighted by molar-refractivity contribution is 7.89. The predicted octanol–water partition coefficient (Wildman–Crippen LogP) is 0.388. The zero-order valence-electron chi connectivity index (χ0n) is 9.91. The van der Waals surface area contributed by atoms with Gasteiger partial charge in [-0.15, -0.1) is 0 Å². The molecule has 0 saturated heterocycles. The van der Waals surface area contributed by atoms with Crippen molar-refractivity contribution in [3.63, 3.8) is 0 Å². The van der Waals surface area contributed by atoms with Crippen LogP contribution in [0.3, 0.4) is 0 Å². The number of hydrogen-bond acceptors (Lipinski definition) is 4. The lowest BCUT2D eigenvalue weighted by atomic mass is 10.2. The summed E-state index contributed by atoms with van der Waals surface area (Å²) in [5.74, 6) is -1.11. The van der Waals surface area contributed by atoms with Crippen molar-refractivity contribution in [1.29, 1.82) is 0 Å². The molecule has 0 radical (unpaired) electrons. The Morgan fingerprint density at radius 3 is 2.22 bits per heavy atom. The highest BCUT2D eigenvalue weighted by Crippen LogP contribution is 2.16. The van der Waals surface area contributed by atoms with Gasteiger partial charge >= 0.3 is 5.97 Å². The molecule has 100 valence electrons. The van der Waals surface area contributed by atoms with Gasteiger partial charge in [0.25, 0.3) is 0 Å². The van der Waals surface area contributed by atoms with Gasteiger partial charge in [-0.3, -0.25) is 0 Å². The first-order valence-corrected chi connectivity index (χ1v) is 6.81. The smallest absolute Gasteiger partial charge is 0.335 e. The van der Waals surface area contributed by atoms with Gasteiger partial charge in [0, 0.05) is 13.1 Å². The maximum atomic E-state index is 12.1. The average molecular weight is 273 g/mol. The lowest BCUT2D eigenvalue weighted by Crippen LogP contribution is -2.33. The molecule has 0 bridgehead atoms. The minimum Gasteiger partial charge on any atom is -0.478 e. The Balaban J connectivity index is 3.08. The number of carbonyl (C=O) groups is 1. The number of aliphatic hydroxyl groups excluding tert-OH is 1. The molecule has 0 aromatic heterocycles. The van der Waals surface area contributed by atoms with Gasteiger partial charge in [0.1, 0.15) is 0 Å². The minimum atomic E-state index is -3.68. The molecule has 7 heteroatoms. The van der Waals surface area contributed by atoms with Crippen LogP contribution in [0.4, 0.5) is 0 Å². The van der Waals surface area contributed by atoms with Crippen LogP contribution in [0.25, 0.3) is 0 Å². The maximum Gasteiger partial charge on any atom is 0.335 e. The summed E-state index contributed by atoms with van der Waals surface area (Å²) in [6.07, 6.45) is 0. The topological polar surface area (TPSA) is 94.9 Å². The Kier molecular flexibility index (Phi) is 4.83. The molecule has 18 heavy (non-hydrogen) atoms. The highest BCUT2D eigenvalue weighted by Gasteiger charge is 2.22. The number of benzene rings is 1. The van der Waals surface area contributed by atoms with Crippen LogP contribution in [0.2, 0.25) is 0 Å². The second kappa shape index (κ2) is 5.94. The van der Waals surface area contributed by atoms with E-state index in [1.54, 1.807) is 6.92 Å². The molecule has 1 aromatic carbocycles. The Labute approximate surface area is 106 Å². The van der Waals surface area contributed by atoms with Crippen LogP contribution < -0.4 is 0 Å². The van der Waals surface area contributed by atoms with Crippen molar-refractivity contribution in [1.82, 2.24) is 4.31 Å². The summed E-state index contributed by atoms with van der Waals surface area (Å²) in [6, 6.07) is 4.97. The monoisotopic (exact) mass is 273 g/mol. The molecule has 6 nitrogen and oxygen atoms in total. The van der Waals surface area contributed by atoms with Crippen LogP contribution in [0.5, 0.6) is 0 Å². The summed E-state index contributed by atoms with van der Waals surface area (Å²) in [6.45, 7) is 1.65. The quantitative estimate of drug-likeness (QED) is 0.781. The Morgan fingerprint density at radius 1 is 1.28 bits per heavy atom. The van der Waals surface area contributed by atoms with Gasteiger partial charge in [-0.05, 0) is 24.3 Å². The van der Waals surface area contributed by atoms with E-state index in [9.17, 15) is 13.2 Å². The third-order valence-corrected chi connectivity index (χ3v) is 4.43. The summed E-state index contributed by atoms with van der Waals surface area (Å²) in [5, 5.41) is 17.5. The summed E-state index contributed by atoms with van der Waals surface area (Å²) < 4.78 is 25.3. The first-order valence-electron chi connectivity index (χ1n) is 5.37. The van der Waals surface area contributed by atoms with Crippen LogP contribution in [0.15, 0.2) is 29.2 Å². The fourth-order valence-electron chi connectivity index (χ4n) is 1.48. The number of aromatic carboxylic acids is 1. The van der Waals surface area contributed by atoms with Crippen LogP contribution in [-0.2, 0) is 10.0 Å². The fourth-order valence-corrected chi connectivity index (χ4v) is 2.92. The molecule has 2 N–H and O–H groups in total. The normalized spacial score (nSPS) is 11.7. The molecular formula is C11H15NO5S. The van der Waals surface area contributed by atoms with Crippen molar-refractivity contribution in [2.45, 2.75) is 11.8 Å². The van der Waals surface area contributed by atoms with Crippen molar-refractivity contribution >= 4 is 16.0 Å². The van der Waals surface area contributed by atoms with Gasteiger partial charge in [-0.25, -0.2) is 13.2 Å². The number of carboxylic acid groups (broad SMARTS) is 1. The van der Waals surface area contributed by atoms with E-state index in [1.165, 1.54) is 24.3 Å². The average Bonchev–Trinajstić information content (AvgIpc) is 2.35. The largest absolute Gasteiger partial charge is 0.478 e. The van der Waals surface area contributed by atoms with Gasteiger partial charge in [0.05, 0.1) is 17.1 Å². The van der Waals surface area contributed by atoms with Crippen LogP contribution in [-0.4, -0.2) is 48.6 Å². The van der Waals surface area contributed by atoms with E-state index < -0.39 is 16.0 Å². The first kappa shape index (κ1) is 14.6. The van der Waals surface area contributed by atoms with Crippen molar-refractivity contribution < 1.29 is 23.4 Å². The van der Waals surface area contributed by atoms with Crippen LogP contribution in [0.1, 0.15) is 17.3 Å². The Hall–Kier alpha value is -1.44. The van der Waals surface area contributed by atoms with E-state index in [2.05, 4.69) is 0 Å². The maximum absolute atomic E-state index is 12.1. The summed E-state index contributed by atoms with van der Waals surface area (Å²) in [5.41, 5.74) is 0.0270. The summed E-state index contributed by atoms with van der Waals surface area (Å²) in [7, 11) is -3.68. The van der Waals surface area contributed by atoms with Crippen molar-refractivity contribution in [3.8, 4) is 0 Å². The molecular weight excluding hydrogens is 258 g/mol. The number of rotatable bonds is 6. The van der Waals surface area contributed by atoms with Crippen LogP contribution >= 0.6 is 0 Å². The molecule has 0 unspecified atom stereocenters. The van der Waals surface area contributed by atoms with E-state index in [0.717, 1.165) is 4.31 Å². The standard InChI is InChI=1S/C11H15NO5S/c1-2-12(7-8-13)18(16,17)10-5-3-9(4-6-10)11(14)15/h3-6,13H,2,7-8H2,1H3,(H,14,15). The fraction of sp³-hybridized carbons (Fsp3) is 0.364. The third kappa shape index (κ3) is 3.06. The minimum absolute atomic E-state index is 0.0134. The molecule has 1 aromatic rings. The van der Waals surface area contributed by atoms with Gasteiger partial charge < -0.3 is 10.2 Å². The number of carboxylic acids is 1. The Bertz CT molecular complexity index is 509. The van der Waals surface area contributed by atoms with Crippen molar-refractivity contribution in [3.05, 3.63) is 29.8 Å². The molecule has 0 amide bonds. The molecule has 0 saturated carbocycles. The van der Waals surface area contributed by atoms with Gasteiger partial charge in [-0.2, -0.15) is 4.31 Å². The van der Waals surface area contributed by atoms with Gasteiger partial charge in [-0.1, -0.05) is 6.92 Å². The number of nitrogens with zero attached hydrogens (tertiary/aromatic N) is 1. The zero-order chi connectivity index (χ0) is 13.8. The second-order valence-electron chi connectivity index (χ2n) is 3.55. The first-order chi connectivity index (χ1) is 8.43. The molecule has 0 aliphatic heterocycles. The lowest BCUT2D eigenvalue weighted by Gasteiger charge is -2.19. The van der Waals surface area contributed by atoms with Crippen molar-refractivity contribution in [2.75, 3.05) is 19.7 Å². The van der Waals surface area contributed by atoms with E-state index >= 15 is 0 Å². The van der Waals surface area contributed by atoms with E-state index in [1.807, 2.05) is 0 Å². The van der Waals surface area contributed by atoms with E-state index in [0.29, 0.717) is 0 Å². The van der Waals surface area contributed by atoms with Crippen LogP contribution in [0, 0.1) is 0 Å². The zero-order valence-corrected chi connectivity index (χ0v) is 10.7. The number of sulfonamides is 1. The molecule has 0 fully saturated rings. The third-order valence-electron chi connectivity index (χ3n) is 2.44. The summed E-state index contributed by atoms with van der Waals surface area (Å²) in [4.78, 5) is 10.7. The molecule has 0 heterocycles. The number of likely N-dealkylation sites (N-methyl/N-ethyl adjacent to an activating group) is 1. The van der Waals surface area contributed by atoms with Gasteiger partial charge in [0.2, 0.25) is 10.0 Å². The molecule has 1 rings (SSSR count). The van der Waals surface area contributed by atoms with E-state index in [4.69, 9.17) is 10.2 Å². The number of aliphatic hydroxyl groups is 1. The number of hydrogen-bond donors (Lipinski definition) is 2. The predicted molar refractivity (Wildman–Crippen MR) is 64.9 cm³/mol. The summed E-state index contributed by atoms with van der Waals surface area (Å²) >= 11 is 0. The Morgan fingerprint density at radius 2 is 1.83 bits per heavy atom. The SMILES string of the molecule is CCN(CCO)S(=O)(=O)c1ccc(C(=O)O)cc1. The van der Waals surface area contributed by atoms with Crippen molar-refractivity contribution in [2.24, 2.45) is 0 Å².